The summed E-state index contributed by atoms with van der Waals surface area (Å²) >= 11 is 0. The number of alkyl halides is 4. The molecule has 0 saturated heterocycles. The number of benzene rings is 1. The lowest BCUT2D eigenvalue weighted by molar-refractivity contribution is -0.125. The zero-order valence-corrected chi connectivity index (χ0v) is 9.18. The molecule has 1 aromatic rings. The first kappa shape index (κ1) is 13.8. The number of rotatable bonds is 5. The van der Waals surface area contributed by atoms with Gasteiger partial charge in [-0.1, -0.05) is 18.2 Å². The van der Waals surface area contributed by atoms with E-state index in [9.17, 15) is 22.7 Å². The minimum Gasteiger partial charge on any atom is -0.507 e. The van der Waals surface area contributed by atoms with Gasteiger partial charge in [0, 0.05) is 12.1 Å². The molecule has 2 N–H and O–H groups in total. The molecule has 0 fully saturated rings. The predicted molar refractivity (Wildman–Crippen MR) is 55.5 cm³/mol. The van der Waals surface area contributed by atoms with Crippen molar-refractivity contribution in [2.24, 2.45) is 0 Å². The molecule has 0 atom stereocenters. The van der Waals surface area contributed by atoms with Gasteiger partial charge in [-0.2, -0.15) is 8.78 Å². The number of hydrogen-bond acceptors (Lipinski definition) is 2. The first-order chi connectivity index (χ1) is 7.84. The molecule has 1 rings (SSSR count). The van der Waals surface area contributed by atoms with E-state index < -0.39 is 18.9 Å². The summed E-state index contributed by atoms with van der Waals surface area (Å²) in [6.45, 7) is 0.445. The van der Waals surface area contributed by atoms with Crippen molar-refractivity contribution in [2.45, 2.75) is 25.8 Å². The number of halogens is 4. The van der Waals surface area contributed by atoms with Crippen LogP contribution in [0.5, 0.6) is 5.75 Å². The second-order valence-corrected chi connectivity index (χ2v) is 3.75. The zero-order chi connectivity index (χ0) is 13.1. The second-order valence-electron chi connectivity index (χ2n) is 3.75. The Morgan fingerprint density at radius 2 is 2.00 bits per heavy atom. The minimum atomic E-state index is -4.06. The molecule has 0 radical (unpaired) electrons. The van der Waals surface area contributed by atoms with Crippen LogP contribution in [0, 0.1) is 6.92 Å². The lowest BCUT2D eigenvalue weighted by Crippen LogP contribution is -2.38. The largest absolute Gasteiger partial charge is 0.507 e. The Bertz CT molecular complexity index is 382. The Morgan fingerprint density at radius 1 is 1.35 bits per heavy atom. The molecule has 0 aliphatic heterocycles. The summed E-state index contributed by atoms with van der Waals surface area (Å²) in [5.74, 6) is -4.07. The fourth-order valence-electron chi connectivity index (χ4n) is 1.30. The third-order valence-corrected chi connectivity index (χ3v) is 2.32. The van der Waals surface area contributed by atoms with Gasteiger partial charge in [0.05, 0.1) is 6.54 Å². The number of phenolic OH excluding ortho intramolecular Hbond substituents is 1. The van der Waals surface area contributed by atoms with Gasteiger partial charge < -0.3 is 10.4 Å². The summed E-state index contributed by atoms with van der Waals surface area (Å²) in [5, 5.41) is 11.8. The number of aromatic hydroxyl groups is 1. The maximum atomic E-state index is 12.6. The lowest BCUT2D eigenvalue weighted by Gasteiger charge is -2.16. The summed E-state index contributed by atoms with van der Waals surface area (Å²) in [6, 6.07) is 4.85. The summed E-state index contributed by atoms with van der Waals surface area (Å²) in [4.78, 5) is 0. The molecule has 0 saturated carbocycles. The summed E-state index contributed by atoms with van der Waals surface area (Å²) in [7, 11) is 0. The van der Waals surface area contributed by atoms with Gasteiger partial charge in [0.1, 0.15) is 5.75 Å². The van der Waals surface area contributed by atoms with Gasteiger partial charge in [-0.05, 0) is 12.5 Å². The highest BCUT2D eigenvalue weighted by molar-refractivity contribution is 5.39. The van der Waals surface area contributed by atoms with Gasteiger partial charge in [0.25, 0.3) is 0 Å². The van der Waals surface area contributed by atoms with Crippen molar-refractivity contribution in [3.63, 3.8) is 0 Å². The number of aryl methyl sites for hydroxylation is 1. The Hall–Kier alpha value is -1.30. The average molecular weight is 251 g/mol. The predicted octanol–water partition coefficient (Wildman–Crippen LogP) is 2.69. The normalized spacial score (nSPS) is 12.1. The highest BCUT2D eigenvalue weighted by Gasteiger charge is 2.39. The summed E-state index contributed by atoms with van der Waals surface area (Å²) in [5.41, 5.74) is 1.000. The van der Waals surface area contributed by atoms with E-state index in [2.05, 4.69) is 5.32 Å². The zero-order valence-electron chi connectivity index (χ0n) is 9.18. The molecule has 1 aromatic carbocycles. The molecular weight excluding hydrogens is 238 g/mol. The van der Waals surface area contributed by atoms with E-state index in [-0.39, 0.29) is 12.3 Å². The van der Waals surface area contributed by atoms with E-state index in [0.29, 0.717) is 11.1 Å². The monoisotopic (exact) mass is 251 g/mol. The molecule has 0 bridgehead atoms. The highest BCUT2D eigenvalue weighted by atomic mass is 19.3. The van der Waals surface area contributed by atoms with Crippen molar-refractivity contribution in [1.82, 2.24) is 5.32 Å². The quantitative estimate of drug-likeness (QED) is 0.788. The molecule has 0 aliphatic rings. The molecule has 0 amide bonds. The molecule has 17 heavy (non-hydrogen) atoms. The molecule has 2 nitrogen and oxygen atoms in total. The van der Waals surface area contributed by atoms with Crippen molar-refractivity contribution in [1.29, 1.82) is 0 Å². The smallest absolute Gasteiger partial charge is 0.319 e. The molecule has 0 heterocycles. The van der Waals surface area contributed by atoms with E-state index in [4.69, 9.17) is 0 Å². The minimum absolute atomic E-state index is 0.0136. The standard InChI is InChI=1S/C11H13F4NO/c1-7-3-2-4-8(9(7)17)5-16-6-11(14,15)10(12)13/h2-4,10,16-17H,5-6H2,1H3. The van der Waals surface area contributed by atoms with Crippen LogP contribution < -0.4 is 5.32 Å². The van der Waals surface area contributed by atoms with Crippen LogP contribution in [0.4, 0.5) is 17.6 Å². The molecule has 96 valence electrons. The average Bonchev–Trinajstić information content (AvgIpc) is 2.24. The van der Waals surface area contributed by atoms with Crippen LogP contribution in [0.3, 0.4) is 0 Å². The van der Waals surface area contributed by atoms with E-state index in [0.717, 1.165) is 0 Å². The second kappa shape index (κ2) is 5.35. The van der Waals surface area contributed by atoms with E-state index in [1.165, 1.54) is 6.07 Å². The maximum absolute atomic E-state index is 12.6. The number of para-hydroxylation sites is 1. The number of phenols is 1. The molecule has 0 aromatic heterocycles. The Labute approximate surface area is 96.3 Å². The lowest BCUT2D eigenvalue weighted by atomic mass is 10.1. The Kier molecular flexibility index (Phi) is 4.34. The van der Waals surface area contributed by atoms with Crippen molar-refractivity contribution in [3.8, 4) is 5.75 Å². The van der Waals surface area contributed by atoms with Crippen LogP contribution >= 0.6 is 0 Å². The van der Waals surface area contributed by atoms with E-state index >= 15 is 0 Å². The Morgan fingerprint density at radius 3 is 2.59 bits per heavy atom. The van der Waals surface area contributed by atoms with Crippen LogP contribution in [0.25, 0.3) is 0 Å². The molecule has 0 unspecified atom stereocenters. The van der Waals surface area contributed by atoms with Crippen LogP contribution in [-0.2, 0) is 6.54 Å². The van der Waals surface area contributed by atoms with E-state index in [1.807, 2.05) is 0 Å². The highest BCUT2D eigenvalue weighted by Crippen LogP contribution is 2.23. The Balaban J connectivity index is 2.55. The van der Waals surface area contributed by atoms with Gasteiger partial charge in [-0.3, -0.25) is 0 Å². The van der Waals surface area contributed by atoms with Gasteiger partial charge in [0.15, 0.2) is 0 Å². The third kappa shape index (κ3) is 3.59. The van der Waals surface area contributed by atoms with Crippen molar-refractivity contribution >= 4 is 0 Å². The van der Waals surface area contributed by atoms with Crippen LogP contribution in [0.15, 0.2) is 18.2 Å². The topological polar surface area (TPSA) is 32.3 Å². The first-order valence-corrected chi connectivity index (χ1v) is 4.98. The van der Waals surface area contributed by atoms with Crippen LogP contribution in [0.2, 0.25) is 0 Å². The molecule has 6 heteroatoms. The first-order valence-electron chi connectivity index (χ1n) is 4.98. The van der Waals surface area contributed by atoms with Crippen molar-refractivity contribution in [2.75, 3.05) is 6.54 Å². The van der Waals surface area contributed by atoms with Crippen molar-refractivity contribution < 1.29 is 22.7 Å². The summed E-state index contributed by atoms with van der Waals surface area (Å²) in [6.07, 6.45) is -3.69. The molecule has 0 aliphatic carbocycles. The third-order valence-electron chi connectivity index (χ3n) is 2.32. The van der Waals surface area contributed by atoms with Crippen LogP contribution in [-0.4, -0.2) is 24.0 Å². The van der Waals surface area contributed by atoms with Crippen molar-refractivity contribution in [3.05, 3.63) is 29.3 Å². The summed E-state index contributed by atoms with van der Waals surface area (Å²) < 4.78 is 48.8. The SMILES string of the molecule is Cc1cccc(CNCC(F)(F)C(F)F)c1O. The fourth-order valence-corrected chi connectivity index (χ4v) is 1.30. The van der Waals surface area contributed by atoms with Gasteiger partial charge in [-0.25, -0.2) is 8.78 Å². The number of hydrogen-bond donors (Lipinski definition) is 2. The maximum Gasteiger partial charge on any atom is 0.319 e. The van der Waals surface area contributed by atoms with Gasteiger partial charge in [-0.15, -0.1) is 0 Å². The number of nitrogens with one attached hydrogen (secondary N) is 1. The van der Waals surface area contributed by atoms with Gasteiger partial charge >= 0.3 is 12.3 Å². The molecule has 0 spiro atoms. The van der Waals surface area contributed by atoms with E-state index in [1.54, 1.807) is 19.1 Å². The fraction of sp³-hybridized carbons (Fsp3) is 0.455. The molecular formula is C11H13F4NO. The van der Waals surface area contributed by atoms with Crippen LogP contribution in [0.1, 0.15) is 11.1 Å². The van der Waals surface area contributed by atoms with Gasteiger partial charge in [0.2, 0.25) is 0 Å².